The summed E-state index contributed by atoms with van der Waals surface area (Å²) in [6.07, 6.45) is 6.31. The number of methoxy groups -OCH3 is 1. The standard InChI is InChI=1S/C30H39N5O3/c1-23(2)33-14-6-15-35(28(36)19-25-9-11-27(38-4)12-10-25)30-24(3)7-5-8-26(30)20-34(18-17-33)29(37)21-32-16-13-31-22-32/h5,7-13,16,22-23H,6,14-15,17-21H2,1-4H3. The monoisotopic (exact) mass is 517 g/mol. The van der Waals surface area contributed by atoms with E-state index in [1.807, 2.05) is 65.4 Å². The number of fused-ring (bicyclic) bond motifs is 1. The van der Waals surface area contributed by atoms with Crippen molar-refractivity contribution in [2.24, 2.45) is 0 Å². The third-order valence-electron chi connectivity index (χ3n) is 7.21. The van der Waals surface area contributed by atoms with Gasteiger partial charge in [0.25, 0.3) is 0 Å². The van der Waals surface area contributed by atoms with Crippen molar-refractivity contribution in [1.82, 2.24) is 19.4 Å². The summed E-state index contributed by atoms with van der Waals surface area (Å²) < 4.78 is 7.08. The number of ether oxygens (including phenoxy) is 1. The Labute approximate surface area is 225 Å². The highest BCUT2D eigenvalue weighted by Crippen LogP contribution is 2.29. The third-order valence-corrected chi connectivity index (χ3v) is 7.21. The first-order chi connectivity index (χ1) is 18.4. The van der Waals surface area contributed by atoms with Crippen LogP contribution >= 0.6 is 0 Å². The molecule has 2 amide bonds. The molecule has 0 saturated heterocycles. The lowest BCUT2D eigenvalue weighted by Gasteiger charge is -2.30. The first-order valence-corrected chi connectivity index (χ1v) is 13.3. The quantitative estimate of drug-likeness (QED) is 0.496. The van der Waals surface area contributed by atoms with Crippen LogP contribution in [0.25, 0.3) is 0 Å². The summed E-state index contributed by atoms with van der Waals surface area (Å²) in [5, 5.41) is 0. The molecule has 0 aliphatic carbocycles. The van der Waals surface area contributed by atoms with Crippen LogP contribution in [0.15, 0.2) is 61.2 Å². The Morgan fingerprint density at radius 1 is 1.00 bits per heavy atom. The molecule has 0 spiro atoms. The number of rotatable bonds is 6. The van der Waals surface area contributed by atoms with Gasteiger partial charge in [0.1, 0.15) is 12.3 Å². The van der Waals surface area contributed by atoms with Gasteiger partial charge in [-0.3, -0.25) is 14.5 Å². The fourth-order valence-electron chi connectivity index (χ4n) is 5.05. The largest absolute Gasteiger partial charge is 0.497 e. The Bertz CT molecular complexity index is 1210. The van der Waals surface area contributed by atoms with Crippen molar-refractivity contribution in [3.63, 3.8) is 0 Å². The van der Waals surface area contributed by atoms with Gasteiger partial charge in [0.15, 0.2) is 0 Å². The molecule has 0 unspecified atom stereocenters. The number of benzene rings is 2. The lowest BCUT2D eigenvalue weighted by molar-refractivity contribution is -0.132. The molecule has 3 aromatic rings. The van der Waals surface area contributed by atoms with Gasteiger partial charge in [0.2, 0.25) is 11.8 Å². The molecule has 1 aliphatic rings. The van der Waals surface area contributed by atoms with Gasteiger partial charge in [-0.1, -0.05) is 30.3 Å². The molecule has 0 N–H and O–H groups in total. The number of carbonyl (C=O) groups excluding carboxylic acids is 2. The molecule has 0 radical (unpaired) electrons. The minimum atomic E-state index is 0.0366. The van der Waals surface area contributed by atoms with Gasteiger partial charge < -0.3 is 19.1 Å². The van der Waals surface area contributed by atoms with Crippen molar-refractivity contribution in [3.05, 3.63) is 77.9 Å². The lowest BCUT2D eigenvalue weighted by atomic mass is 10.0. The zero-order valence-corrected chi connectivity index (χ0v) is 23.0. The van der Waals surface area contributed by atoms with E-state index in [-0.39, 0.29) is 18.4 Å². The normalized spacial score (nSPS) is 15.2. The summed E-state index contributed by atoms with van der Waals surface area (Å²) in [6.45, 7) is 9.99. The Balaban J connectivity index is 1.66. The topological polar surface area (TPSA) is 70.9 Å². The average molecular weight is 518 g/mol. The molecule has 2 aromatic carbocycles. The summed E-state index contributed by atoms with van der Waals surface area (Å²) in [4.78, 5) is 37.6. The number of para-hydroxylation sites is 1. The number of nitrogens with zero attached hydrogens (tertiary/aromatic N) is 5. The number of hydrogen-bond donors (Lipinski definition) is 0. The number of hydrogen-bond acceptors (Lipinski definition) is 5. The van der Waals surface area contributed by atoms with Gasteiger partial charge >= 0.3 is 0 Å². The van der Waals surface area contributed by atoms with Crippen LogP contribution in [0.5, 0.6) is 5.75 Å². The molecule has 0 fully saturated rings. The highest BCUT2D eigenvalue weighted by molar-refractivity contribution is 5.96. The maximum absolute atomic E-state index is 13.8. The second kappa shape index (κ2) is 12.7. The maximum Gasteiger partial charge on any atom is 0.242 e. The zero-order valence-electron chi connectivity index (χ0n) is 23.0. The Hall–Kier alpha value is -3.65. The molecule has 2 heterocycles. The van der Waals surface area contributed by atoms with E-state index in [1.54, 1.807) is 24.2 Å². The molecule has 0 atom stereocenters. The second-order valence-electron chi connectivity index (χ2n) is 10.2. The summed E-state index contributed by atoms with van der Waals surface area (Å²) in [6, 6.07) is 14.1. The van der Waals surface area contributed by atoms with Gasteiger partial charge in [0, 0.05) is 51.2 Å². The number of amides is 2. The summed E-state index contributed by atoms with van der Waals surface area (Å²) in [5.41, 5.74) is 3.89. The summed E-state index contributed by atoms with van der Waals surface area (Å²) >= 11 is 0. The van der Waals surface area contributed by atoms with Crippen molar-refractivity contribution in [1.29, 1.82) is 0 Å². The summed E-state index contributed by atoms with van der Waals surface area (Å²) in [7, 11) is 1.64. The van der Waals surface area contributed by atoms with E-state index in [0.717, 1.165) is 47.6 Å². The Kier molecular flexibility index (Phi) is 9.18. The van der Waals surface area contributed by atoms with Gasteiger partial charge in [-0.2, -0.15) is 0 Å². The van der Waals surface area contributed by atoms with E-state index in [2.05, 4.69) is 23.7 Å². The van der Waals surface area contributed by atoms with E-state index >= 15 is 0 Å². The molecule has 8 nitrogen and oxygen atoms in total. The first kappa shape index (κ1) is 27.4. The number of imidazole rings is 1. The molecular formula is C30H39N5O3. The van der Waals surface area contributed by atoms with Gasteiger partial charge in [-0.05, 0) is 56.0 Å². The van der Waals surface area contributed by atoms with Crippen molar-refractivity contribution in [2.75, 3.05) is 38.2 Å². The van der Waals surface area contributed by atoms with Crippen LogP contribution in [0, 0.1) is 6.92 Å². The van der Waals surface area contributed by atoms with Crippen molar-refractivity contribution in [3.8, 4) is 5.75 Å². The zero-order chi connectivity index (χ0) is 27.1. The van der Waals surface area contributed by atoms with Crippen molar-refractivity contribution >= 4 is 17.5 Å². The molecular weight excluding hydrogens is 478 g/mol. The van der Waals surface area contributed by atoms with E-state index < -0.39 is 0 Å². The molecule has 8 heteroatoms. The highest BCUT2D eigenvalue weighted by atomic mass is 16.5. The Morgan fingerprint density at radius 3 is 2.47 bits per heavy atom. The fraction of sp³-hybridized carbons (Fsp3) is 0.433. The number of carbonyl (C=O) groups is 2. The molecule has 0 bridgehead atoms. The van der Waals surface area contributed by atoms with Crippen LogP contribution in [0.4, 0.5) is 5.69 Å². The minimum Gasteiger partial charge on any atom is -0.497 e. The van der Waals surface area contributed by atoms with E-state index in [4.69, 9.17) is 4.74 Å². The van der Waals surface area contributed by atoms with Gasteiger partial charge in [-0.25, -0.2) is 4.98 Å². The summed E-state index contributed by atoms with van der Waals surface area (Å²) in [5.74, 6) is 0.860. The molecule has 38 heavy (non-hydrogen) atoms. The van der Waals surface area contributed by atoms with Crippen LogP contribution in [-0.4, -0.2) is 70.5 Å². The molecule has 1 aliphatic heterocycles. The molecule has 1 aromatic heterocycles. The van der Waals surface area contributed by atoms with Crippen molar-refractivity contribution in [2.45, 2.75) is 52.7 Å². The van der Waals surface area contributed by atoms with Crippen LogP contribution in [0.2, 0.25) is 0 Å². The average Bonchev–Trinajstić information content (AvgIpc) is 3.40. The minimum absolute atomic E-state index is 0.0366. The van der Waals surface area contributed by atoms with E-state index in [9.17, 15) is 9.59 Å². The lowest BCUT2D eigenvalue weighted by Crippen LogP contribution is -2.42. The fourth-order valence-corrected chi connectivity index (χ4v) is 5.05. The van der Waals surface area contributed by atoms with E-state index in [1.165, 1.54) is 0 Å². The van der Waals surface area contributed by atoms with Gasteiger partial charge in [0.05, 0.1) is 25.5 Å². The Morgan fingerprint density at radius 2 is 1.79 bits per heavy atom. The smallest absolute Gasteiger partial charge is 0.242 e. The molecule has 202 valence electrons. The van der Waals surface area contributed by atoms with E-state index in [0.29, 0.717) is 32.1 Å². The van der Waals surface area contributed by atoms with Crippen LogP contribution < -0.4 is 9.64 Å². The molecule has 4 rings (SSSR count). The second-order valence-corrected chi connectivity index (χ2v) is 10.2. The van der Waals surface area contributed by atoms with Gasteiger partial charge in [-0.15, -0.1) is 0 Å². The highest BCUT2D eigenvalue weighted by Gasteiger charge is 2.25. The van der Waals surface area contributed by atoms with Crippen molar-refractivity contribution < 1.29 is 14.3 Å². The van der Waals surface area contributed by atoms with Crippen LogP contribution in [0.3, 0.4) is 0 Å². The SMILES string of the molecule is COc1ccc(CC(=O)N2CCCN(C(C)C)CCN(C(=O)Cn3ccnc3)Cc3cccc(C)c32)cc1. The molecule has 0 saturated carbocycles. The van der Waals surface area contributed by atoms with Crippen LogP contribution in [0.1, 0.15) is 37.0 Å². The predicted molar refractivity (Wildman–Crippen MR) is 149 cm³/mol. The maximum atomic E-state index is 13.8. The predicted octanol–water partition coefficient (Wildman–Crippen LogP) is 3.92. The third kappa shape index (κ3) is 6.81. The number of aryl methyl sites for hydroxylation is 1. The number of aromatic nitrogens is 2. The first-order valence-electron chi connectivity index (χ1n) is 13.3. The number of anilines is 1. The van der Waals surface area contributed by atoms with Crippen LogP contribution in [-0.2, 0) is 29.1 Å².